The highest BCUT2D eigenvalue weighted by atomic mass is 32.1. The second kappa shape index (κ2) is 4.54. The molecule has 3 rings (SSSR count). The van der Waals surface area contributed by atoms with Crippen molar-refractivity contribution in [1.82, 2.24) is 24.7 Å². The van der Waals surface area contributed by atoms with Crippen molar-refractivity contribution in [3.63, 3.8) is 0 Å². The van der Waals surface area contributed by atoms with E-state index in [9.17, 15) is 4.79 Å². The summed E-state index contributed by atoms with van der Waals surface area (Å²) in [6.07, 6.45) is 1.44. The Morgan fingerprint density at radius 2 is 2.30 bits per heavy atom. The Balaban J connectivity index is 2.05. The summed E-state index contributed by atoms with van der Waals surface area (Å²) in [6, 6.07) is 1.85. The third kappa shape index (κ3) is 1.98. The fraction of sp³-hybridized carbons (Fsp3) is 0.250. The molecule has 0 spiro atoms. The first kappa shape index (κ1) is 12.5. The summed E-state index contributed by atoms with van der Waals surface area (Å²) in [5.41, 5.74) is 0.824. The molecule has 0 atom stereocenters. The zero-order valence-corrected chi connectivity index (χ0v) is 11.7. The molecule has 0 aliphatic rings. The van der Waals surface area contributed by atoms with Crippen LogP contribution in [0.2, 0.25) is 0 Å². The van der Waals surface area contributed by atoms with Crippen LogP contribution in [0.5, 0.6) is 0 Å². The lowest BCUT2D eigenvalue weighted by Crippen LogP contribution is -2.14. The number of nitrogens with one attached hydrogen (secondary N) is 1. The monoisotopic (exact) mass is 286 g/mol. The van der Waals surface area contributed by atoms with Gasteiger partial charge in [0.15, 0.2) is 0 Å². The van der Waals surface area contributed by atoms with Gasteiger partial charge >= 0.3 is 0 Å². The number of thiophene rings is 1. The zero-order chi connectivity index (χ0) is 14.3. The van der Waals surface area contributed by atoms with Gasteiger partial charge in [0.2, 0.25) is 0 Å². The van der Waals surface area contributed by atoms with Crippen LogP contribution in [0.4, 0.5) is 0 Å². The highest BCUT2D eigenvalue weighted by molar-refractivity contribution is 7.18. The molecule has 3 aromatic rings. The molecule has 1 N–H and O–H groups in total. The number of nitrogens with zero attached hydrogens (tertiary/aromatic N) is 5. The Kier molecular flexibility index (Phi) is 2.84. The summed E-state index contributed by atoms with van der Waals surface area (Å²) < 4.78 is 1.47. The lowest BCUT2D eigenvalue weighted by atomic mass is 10.2. The Labute approximate surface area is 117 Å². The number of fused-ring (bicyclic) bond motifs is 1. The summed E-state index contributed by atoms with van der Waals surface area (Å²) in [6.45, 7) is 4.16. The van der Waals surface area contributed by atoms with Gasteiger partial charge in [-0.25, -0.2) is 14.6 Å². The van der Waals surface area contributed by atoms with Crippen LogP contribution in [-0.2, 0) is 6.54 Å². The van der Waals surface area contributed by atoms with E-state index in [1.807, 2.05) is 19.9 Å². The third-order valence-corrected chi connectivity index (χ3v) is 4.14. The van der Waals surface area contributed by atoms with Crippen LogP contribution in [-0.4, -0.2) is 24.7 Å². The van der Waals surface area contributed by atoms with Gasteiger partial charge in [-0.3, -0.25) is 4.79 Å². The SMILES string of the molecule is Cc1sc2nc(Cn3cnc(C#N)n3)[nH]c(=O)c2c1C. The highest BCUT2D eigenvalue weighted by Gasteiger charge is 2.12. The molecule has 3 heterocycles. The number of H-pyrrole nitrogens is 1. The van der Waals surface area contributed by atoms with Crippen LogP contribution in [0.3, 0.4) is 0 Å². The molecule has 0 saturated heterocycles. The van der Waals surface area contributed by atoms with Crippen LogP contribution in [0.1, 0.15) is 22.1 Å². The number of aryl methyl sites for hydroxylation is 2. The van der Waals surface area contributed by atoms with Crippen LogP contribution >= 0.6 is 11.3 Å². The molecule has 0 unspecified atom stereocenters. The molecule has 0 amide bonds. The molecule has 8 heteroatoms. The minimum Gasteiger partial charge on any atom is -0.308 e. The molecule has 100 valence electrons. The summed E-state index contributed by atoms with van der Waals surface area (Å²) in [5, 5.41) is 13.3. The Morgan fingerprint density at radius 3 is 3.00 bits per heavy atom. The Bertz CT molecular complexity index is 897. The van der Waals surface area contributed by atoms with E-state index in [-0.39, 0.29) is 17.9 Å². The van der Waals surface area contributed by atoms with Gasteiger partial charge in [0.1, 0.15) is 29.6 Å². The Hall–Kier alpha value is -2.53. The summed E-state index contributed by atoms with van der Waals surface area (Å²) >= 11 is 1.50. The maximum absolute atomic E-state index is 12.1. The molecule has 0 bridgehead atoms. The Morgan fingerprint density at radius 1 is 1.50 bits per heavy atom. The van der Waals surface area contributed by atoms with Crippen molar-refractivity contribution < 1.29 is 0 Å². The maximum atomic E-state index is 12.1. The van der Waals surface area contributed by atoms with Crippen LogP contribution in [0, 0.1) is 25.2 Å². The fourth-order valence-electron chi connectivity index (χ4n) is 1.95. The van der Waals surface area contributed by atoms with Gasteiger partial charge in [0.25, 0.3) is 11.4 Å². The molecule has 0 aliphatic carbocycles. The average Bonchev–Trinajstić information content (AvgIpc) is 2.95. The second-order valence-corrected chi connectivity index (χ2v) is 5.56. The quantitative estimate of drug-likeness (QED) is 0.760. The van der Waals surface area contributed by atoms with Crippen molar-refractivity contribution in [2.45, 2.75) is 20.4 Å². The first-order chi connectivity index (χ1) is 9.58. The number of hydrogen-bond donors (Lipinski definition) is 1. The average molecular weight is 286 g/mol. The van der Waals surface area contributed by atoms with Crippen molar-refractivity contribution >= 4 is 21.6 Å². The van der Waals surface area contributed by atoms with E-state index >= 15 is 0 Å². The third-order valence-electron chi connectivity index (χ3n) is 3.04. The van der Waals surface area contributed by atoms with Gasteiger partial charge < -0.3 is 4.98 Å². The highest BCUT2D eigenvalue weighted by Crippen LogP contribution is 2.25. The fourth-order valence-corrected chi connectivity index (χ4v) is 3.00. The van der Waals surface area contributed by atoms with E-state index in [1.165, 1.54) is 22.3 Å². The topological polar surface area (TPSA) is 100 Å². The zero-order valence-electron chi connectivity index (χ0n) is 10.8. The van der Waals surface area contributed by atoms with Gasteiger partial charge in [-0.05, 0) is 19.4 Å². The van der Waals surface area contributed by atoms with Gasteiger partial charge in [0, 0.05) is 4.88 Å². The molecule has 7 nitrogen and oxygen atoms in total. The van der Waals surface area contributed by atoms with Crippen LogP contribution < -0.4 is 5.56 Å². The second-order valence-electron chi connectivity index (χ2n) is 4.35. The molecular formula is C12H10N6OS. The van der Waals surface area contributed by atoms with E-state index in [0.29, 0.717) is 11.2 Å². The van der Waals surface area contributed by atoms with E-state index in [2.05, 4.69) is 20.1 Å². The minimum absolute atomic E-state index is 0.0937. The van der Waals surface area contributed by atoms with Crippen molar-refractivity contribution in [1.29, 1.82) is 5.26 Å². The van der Waals surface area contributed by atoms with E-state index in [1.54, 1.807) is 0 Å². The largest absolute Gasteiger partial charge is 0.308 e. The molecule has 20 heavy (non-hydrogen) atoms. The van der Waals surface area contributed by atoms with Gasteiger partial charge in [-0.15, -0.1) is 16.4 Å². The molecule has 0 radical (unpaired) electrons. The number of aromatic amines is 1. The number of aromatic nitrogens is 5. The predicted octanol–water partition coefficient (Wildman–Crippen LogP) is 1.11. The first-order valence-corrected chi connectivity index (χ1v) is 6.68. The molecule has 0 saturated carbocycles. The summed E-state index contributed by atoms with van der Waals surface area (Å²) in [7, 11) is 0. The van der Waals surface area contributed by atoms with Crippen molar-refractivity contribution in [2.24, 2.45) is 0 Å². The van der Waals surface area contributed by atoms with Crippen molar-refractivity contribution in [2.75, 3.05) is 0 Å². The molecule has 0 aliphatic heterocycles. The first-order valence-electron chi connectivity index (χ1n) is 5.87. The lowest BCUT2D eigenvalue weighted by Gasteiger charge is -2.00. The van der Waals surface area contributed by atoms with E-state index < -0.39 is 0 Å². The predicted molar refractivity (Wildman–Crippen MR) is 73.6 cm³/mol. The maximum Gasteiger partial charge on any atom is 0.259 e. The van der Waals surface area contributed by atoms with Crippen molar-refractivity contribution in [3.05, 3.63) is 38.8 Å². The van der Waals surface area contributed by atoms with E-state index in [4.69, 9.17) is 5.26 Å². The van der Waals surface area contributed by atoms with Crippen LogP contribution in [0.25, 0.3) is 10.2 Å². The molecule has 0 aromatic carbocycles. The minimum atomic E-state index is -0.146. The summed E-state index contributed by atoms with van der Waals surface area (Å²) in [4.78, 5) is 24.9. The standard InChI is InChI=1S/C12H10N6OS/c1-6-7(2)20-12-10(6)11(19)15-9(16-12)4-18-5-14-8(3-13)17-18/h5H,4H2,1-2H3,(H,15,16,19). The lowest BCUT2D eigenvalue weighted by molar-refractivity contribution is 0.652. The van der Waals surface area contributed by atoms with Crippen molar-refractivity contribution in [3.8, 4) is 6.07 Å². The molecular weight excluding hydrogens is 276 g/mol. The summed E-state index contributed by atoms with van der Waals surface area (Å²) in [5.74, 6) is 0.592. The van der Waals surface area contributed by atoms with E-state index in [0.717, 1.165) is 15.3 Å². The molecule has 0 fully saturated rings. The van der Waals surface area contributed by atoms with Gasteiger partial charge in [-0.2, -0.15) is 5.26 Å². The van der Waals surface area contributed by atoms with Gasteiger partial charge in [-0.1, -0.05) is 0 Å². The van der Waals surface area contributed by atoms with Crippen LogP contribution in [0.15, 0.2) is 11.1 Å². The molecule has 3 aromatic heterocycles. The normalized spacial score (nSPS) is 10.8. The number of nitriles is 1. The number of hydrogen-bond acceptors (Lipinski definition) is 6. The van der Waals surface area contributed by atoms with Gasteiger partial charge in [0.05, 0.1) is 5.39 Å². The smallest absolute Gasteiger partial charge is 0.259 e. The number of rotatable bonds is 2.